The summed E-state index contributed by atoms with van der Waals surface area (Å²) in [5.74, 6) is 0. The van der Waals surface area contributed by atoms with Crippen molar-refractivity contribution in [3.63, 3.8) is 0 Å². The van der Waals surface area contributed by atoms with E-state index < -0.39 is 0 Å². The maximum Gasteiger partial charge on any atom is 0.348 e. The molecule has 0 bridgehead atoms. The fourth-order valence-electron chi connectivity index (χ4n) is 1.91. The second kappa shape index (κ2) is 5.46. The zero-order valence-corrected chi connectivity index (χ0v) is 13.7. The molecule has 0 aliphatic carbocycles. The van der Waals surface area contributed by atoms with Crippen molar-refractivity contribution in [2.24, 2.45) is 0 Å². The van der Waals surface area contributed by atoms with Crippen LogP contribution in [0.5, 0.6) is 0 Å². The Labute approximate surface area is 127 Å². The first-order chi connectivity index (χ1) is 8.88. The molecule has 2 aromatic rings. The molecule has 4 nitrogen and oxygen atoms in total. The van der Waals surface area contributed by atoms with E-state index in [9.17, 15) is 4.79 Å². The van der Waals surface area contributed by atoms with Gasteiger partial charge in [-0.1, -0.05) is 15.9 Å². The fraction of sp³-hybridized carbons (Fsp3) is 0.231. The number of anilines is 1. The van der Waals surface area contributed by atoms with E-state index in [1.807, 2.05) is 25.1 Å². The van der Waals surface area contributed by atoms with Gasteiger partial charge < -0.3 is 5.73 Å². The van der Waals surface area contributed by atoms with Crippen LogP contribution in [0.25, 0.3) is 0 Å². The van der Waals surface area contributed by atoms with Crippen molar-refractivity contribution in [3.05, 3.63) is 54.6 Å². The van der Waals surface area contributed by atoms with Gasteiger partial charge in [0.1, 0.15) is 0 Å². The lowest BCUT2D eigenvalue weighted by atomic mass is 10.2. The SMILES string of the molecule is Cc1nc(=O)n(Cc2cc(N)cc(Br)c2)c(C)c1Br. The summed E-state index contributed by atoms with van der Waals surface area (Å²) < 4.78 is 3.38. The largest absolute Gasteiger partial charge is 0.399 e. The number of hydrogen-bond donors (Lipinski definition) is 1. The first-order valence-corrected chi connectivity index (χ1v) is 7.25. The first kappa shape index (κ1) is 14.3. The quantitative estimate of drug-likeness (QED) is 0.807. The number of rotatable bonds is 2. The average Bonchev–Trinajstić information content (AvgIpc) is 2.31. The van der Waals surface area contributed by atoms with Gasteiger partial charge in [0.05, 0.1) is 16.7 Å². The van der Waals surface area contributed by atoms with E-state index in [0.717, 1.165) is 20.2 Å². The summed E-state index contributed by atoms with van der Waals surface area (Å²) in [5.41, 5.74) is 8.72. The average molecular weight is 387 g/mol. The van der Waals surface area contributed by atoms with Crippen molar-refractivity contribution < 1.29 is 0 Å². The van der Waals surface area contributed by atoms with E-state index in [1.165, 1.54) is 0 Å². The summed E-state index contributed by atoms with van der Waals surface area (Å²) in [6.07, 6.45) is 0. The van der Waals surface area contributed by atoms with Gasteiger partial charge in [0.2, 0.25) is 0 Å². The minimum Gasteiger partial charge on any atom is -0.399 e. The number of nitrogen functional groups attached to an aromatic ring is 1. The van der Waals surface area contributed by atoms with Crippen LogP contribution in [0, 0.1) is 13.8 Å². The van der Waals surface area contributed by atoms with Crippen LogP contribution >= 0.6 is 31.9 Å². The predicted octanol–water partition coefficient (Wildman–Crippen LogP) is 3.02. The lowest BCUT2D eigenvalue weighted by Crippen LogP contribution is -2.26. The molecule has 1 aromatic carbocycles. The topological polar surface area (TPSA) is 60.9 Å². The Morgan fingerprint density at radius 1 is 1.26 bits per heavy atom. The molecule has 0 saturated carbocycles. The van der Waals surface area contributed by atoms with E-state index in [-0.39, 0.29) is 5.69 Å². The molecule has 19 heavy (non-hydrogen) atoms. The smallest absolute Gasteiger partial charge is 0.348 e. The van der Waals surface area contributed by atoms with Crippen LogP contribution in [0.3, 0.4) is 0 Å². The van der Waals surface area contributed by atoms with Gasteiger partial charge in [-0.25, -0.2) is 4.79 Å². The highest BCUT2D eigenvalue weighted by Gasteiger charge is 2.10. The molecule has 100 valence electrons. The van der Waals surface area contributed by atoms with Crippen molar-refractivity contribution in [1.82, 2.24) is 9.55 Å². The number of halogens is 2. The Morgan fingerprint density at radius 3 is 2.58 bits per heavy atom. The molecule has 2 rings (SSSR count). The summed E-state index contributed by atoms with van der Waals surface area (Å²) >= 11 is 6.85. The molecule has 1 heterocycles. The highest BCUT2D eigenvalue weighted by Crippen LogP contribution is 2.20. The molecular formula is C13H13Br2N3O. The van der Waals surface area contributed by atoms with Crippen molar-refractivity contribution in [2.75, 3.05) is 5.73 Å². The van der Waals surface area contributed by atoms with E-state index in [1.54, 1.807) is 11.5 Å². The molecule has 0 amide bonds. The molecule has 6 heteroatoms. The van der Waals surface area contributed by atoms with Gasteiger partial charge in [-0.15, -0.1) is 0 Å². The second-order valence-electron chi connectivity index (χ2n) is 4.36. The monoisotopic (exact) mass is 385 g/mol. The van der Waals surface area contributed by atoms with Crippen LogP contribution in [0.1, 0.15) is 17.0 Å². The maximum absolute atomic E-state index is 12.0. The lowest BCUT2D eigenvalue weighted by molar-refractivity contribution is 0.688. The van der Waals surface area contributed by atoms with Crippen LogP contribution in [0.15, 0.2) is 31.9 Å². The second-order valence-corrected chi connectivity index (χ2v) is 6.07. The predicted molar refractivity (Wildman–Crippen MR) is 83.3 cm³/mol. The van der Waals surface area contributed by atoms with E-state index in [2.05, 4.69) is 36.8 Å². The zero-order valence-electron chi connectivity index (χ0n) is 10.6. The number of nitrogens with two attached hydrogens (primary N) is 1. The van der Waals surface area contributed by atoms with Crippen LogP contribution in [-0.2, 0) is 6.54 Å². The standard InChI is InChI=1S/C13H13Br2N3O/c1-7-12(15)8(2)18(13(19)17-7)6-9-3-10(14)5-11(16)4-9/h3-5H,6,16H2,1-2H3. The summed E-state index contributed by atoms with van der Waals surface area (Å²) in [6, 6.07) is 5.61. The van der Waals surface area contributed by atoms with E-state index >= 15 is 0 Å². The third kappa shape index (κ3) is 3.06. The fourth-order valence-corrected chi connectivity index (χ4v) is 2.77. The van der Waals surface area contributed by atoms with E-state index in [0.29, 0.717) is 17.9 Å². The highest BCUT2D eigenvalue weighted by molar-refractivity contribution is 9.10. The molecule has 0 atom stereocenters. The number of aromatic nitrogens is 2. The molecule has 0 aliphatic heterocycles. The van der Waals surface area contributed by atoms with Crippen LogP contribution < -0.4 is 11.4 Å². The summed E-state index contributed by atoms with van der Waals surface area (Å²) in [7, 11) is 0. The highest BCUT2D eigenvalue weighted by atomic mass is 79.9. The van der Waals surface area contributed by atoms with Crippen LogP contribution in [0.2, 0.25) is 0 Å². The Morgan fingerprint density at radius 2 is 1.95 bits per heavy atom. The molecule has 1 aromatic heterocycles. The van der Waals surface area contributed by atoms with Crippen molar-refractivity contribution >= 4 is 37.5 Å². The Bertz CT molecular complexity index is 675. The van der Waals surface area contributed by atoms with Crippen LogP contribution in [-0.4, -0.2) is 9.55 Å². The summed E-state index contributed by atoms with van der Waals surface area (Å²) in [5, 5.41) is 0. The molecule has 0 spiro atoms. The molecule has 0 unspecified atom stereocenters. The molecular weight excluding hydrogens is 374 g/mol. The molecule has 0 aliphatic rings. The molecule has 0 fully saturated rings. The summed E-state index contributed by atoms with van der Waals surface area (Å²) in [6.45, 7) is 4.14. The Kier molecular flexibility index (Phi) is 4.10. The van der Waals surface area contributed by atoms with Crippen molar-refractivity contribution in [3.8, 4) is 0 Å². The van der Waals surface area contributed by atoms with Gasteiger partial charge in [-0.05, 0) is 53.5 Å². The van der Waals surface area contributed by atoms with Gasteiger partial charge in [-0.3, -0.25) is 4.57 Å². The Balaban J connectivity index is 2.49. The van der Waals surface area contributed by atoms with Gasteiger partial charge in [-0.2, -0.15) is 4.98 Å². The van der Waals surface area contributed by atoms with E-state index in [4.69, 9.17) is 5.73 Å². The first-order valence-electron chi connectivity index (χ1n) is 5.67. The lowest BCUT2D eigenvalue weighted by Gasteiger charge is -2.12. The van der Waals surface area contributed by atoms with Gasteiger partial charge in [0.25, 0.3) is 0 Å². The van der Waals surface area contributed by atoms with Gasteiger partial charge in [0.15, 0.2) is 0 Å². The van der Waals surface area contributed by atoms with Gasteiger partial charge in [0, 0.05) is 15.9 Å². The number of benzene rings is 1. The normalized spacial score (nSPS) is 10.7. The number of hydrogen-bond acceptors (Lipinski definition) is 3. The number of aryl methyl sites for hydroxylation is 1. The molecule has 0 radical (unpaired) electrons. The van der Waals surface area contributed by atoms with Crippen molar-refractivity contribution in [2.45, 2.75) is 20.4 Å². The maximum atomic E-state index is 12.0. The minimum atomic E-state index is -0.253. The minimum absolute atomic E-state index is 0.253. The number of nitrogens with zero attached hydrogens (tertiary/aromatic N) is 2. The van der Waals surface area contributed by atoms with Crippen LogP contribution in [0.4, 0.5) is 5.69 Å². The van der Waals surface area contributed by atoms with Gasteiger partial charge >= 0.3 is 5.69 Å². The molecule has 0 saturated heterocycles. The zero-order chi connectivity index (χ0) is 14.2. The third-order valence-electron chi connectivity index (χ3n) is 2.86. The Hall–Kier alpha value is -1.14. The third-order valence-corrected chi connectivity index (χ3v) is 4.46. The summed E-state index contributed by atoms with van der Waals surface area (Å²) in [4.78, 5) is 16.0. The van der Waals surface area contributed by atoms with Crippen molar-refractivity contribution in [1.29, 1.82) is 0 Å². The molecule has 2 N–H and O–H groups in total.